The number of nitrogens with zero attached hydrogens (tertiary/aromatic N) is 5. The second-order valence-electron chi connectivity index (χ2n) is 8.75. The standard InChI is InChI=1S/C24H24N6O/c31-24(19-5-6-19)29-12-10-16(14-29)15-30-23(26-27-28-30)18-3-1-17(2-4-18)20-7-8-22-21(13-20)9-11-25-22/h1-4,7-9,11,13,16,19,25H,5-6,10,12,14-15H2. The summed E-state index contributed by atoms with van der Waals surface area (Å²) >= 11 is 0. The zero-order chi connectivity index (χ0) is 20.8. The first-order chi connectivity index (χ1) is 15.2. The average Bonchev–Trinajstić information content (AvgIpc) is 3.17. The Morgan fingerprint density at radius 3 is 2.65 bits per heavy atom. The topological polar surface area (TPSA) is 79.7 Å². The van der Waals surface area contributed by atoms with E-state index in [1.165, 1.54) is 10.9 Å². The van der Waals surface area contributed by atoms with Crippen molar-refractivity contribution in [1.82, 2.24) is 30.1 Å². The van der Waals surface area contributed by atoms with Crippen LogP contribution in [0, 0.1) is 11.8 Å². The van der Waals surface area contributed by atoms with Crippen LogP contribution in [0.4, 0.5) is 0 Å². The third-order valence-corrected chi connectivity index (χ3v) is 6.52. The molecule has 3 heterocycles. The van der Waals surface area contributed by atoms with Crippen molar-refractivity contribution in [1.29, 1.82) is 0 Å². The van der Waals surface area contributed by atoms with Gasteiger partial charge in [-0.2, -0.15) is 0 Å². The average molecular weight is 412 g/mol. The van der Waals surface area contributed by atoms with Gasteiger partial charge in [-0.1, -0.05) is 30.3 Å². The fraction of sp³-hybridized carbons (Fsp3) is 0.333. The summed E-state index contributed by atoms with van der Waals surface area (Å²) in [6.45, 7) is 2.41. The maximum Gasteiger partial charge on any atom is 0.225 e. The Morgan fingerprint density at radius 2 is 1.81 bits per heavy atom. The van der Waals surface area contributed by atoms with E-state index in [0.717, 1.165) is 61.4 Å². The third kappa shape index (κ3) is 3.50. The first-order valence-corrected chi connectivity index (χ1v) is 11.0. The van der Waals surface area contributed by atoms with E-state index in [2.05, 4.69) is 69.0 Å². The minimum atomic E-state index is 0.291. The molecule has 1 amide bonds. The molecule has 2 aromatic heterocycles. The molecule has 1 atom stereocenters. The molecule has 7 nitrogen and oxygen atoms in total. The van der Waals surface area contributed by atoms with Crippen molar-refractivity contribution in [3.05, 3.63) is 54.7 Å². The predicted octanol–water partition coefficient (Wildman–Crippen LogP) is 3.75. The normalized spacial score (nSPS) is 18.7. The summed E-state index contributed by atoms with van der Waals surface area (Å²) < 4.78 is 1.89. The monoisotopic (exact) mass is 412 g/mol. The Kier molecular flexibility index (Phi) is 4.33. The number of tetrazole rings is 1. The number of nitrogens with one attached hydrogen (secondary N) is 1. The lowest BCUT2D eigenvalue weighted by atomic mass is 10.0. The van der Waals surface area contributed by atoms with Crippen LogP contribution >= 0.6 is 0 Å². The molecule has 7 heteroatoms. The Hall–Kier alpha value is -3.48. The van der Waals surface area contributed by atoms with Gasteiger partial charge in [0.15, 0.2) is 5.82 Å². The molecule has 31 heavy (non-hydrogen) atoms. The van der Waals surface area contributed by atoms with Crippen LogP contribution in [0.1, 0.15) is 19.3 Å². The Labute approximate surface area is 180 Å². The SMILES string of the molecule is O=C(C1CC1)N1CCC(Cn2nnnc2-c2ccc(-c3ccc4[nH]ccc4c3)cc2)C1. The molecule has 2 fully saturated rings. The van der Waals surface area contributed by atoms with Crippen molar-refractivity contribution in [3.63, 3.8) is 0 Å². The molecule has 1 aliphatic heterocycles. The number of carbonyl (C=O) groups is 1. The van der Waals surface area contributed by atoms with Crippen LogP contribution in [0.15, 0.2) is 54.7 Å². The lowest BCUT2D eigenvalue weighted by molar-refractivity contribution is -0.131. The number of amides is 1. The summed E-state index contributed by atoms with van der Waals surface area (Å²) in [5.74, 6) is 1.81. The van der Waals surface area contributed by atoms with E-state index >= 15 is 0 Å². The van der Waals surface area contributed by atoms with E-state index in [1.807, 2.05) is 15.8 Å². The lowest BCUT2D eigenvalue weighted by Gasteiger charge is -2.16. The maximum atomic E-state index is 12.3. The van der Waals surface area contributed by atoms with Gasteiger partial charge in [0.1, 0.15) is 0 Å². The van der Waals surface area contributed by atoms with Gasteiger partial charge in [-0.25, -0.2) is 4.68 Å². The highest BCUT2D eigenvalue weighted by molar-refractivity contribution is 5.85. The maximum absolute atomic E-state index is 12.3. The van der Waals surface area contributed by atoms with E-state index in [-0.39, 0.29) is 0 Å². The zero-order valence-electron chi connectivity index (χ0n) is 17.2. The van der Waals surface area contributed by atoms with Crippen LogP contribution in [0.2, 0.25) is 0 Å². The van der Waals surface area contributed by atoms with Crippen LogP contribution in [0.3, 0.4) is 0 Å². The van der Waals surface area contributed by atoms with Gasteiger partial charge in [-0.3, -0.25) is 4.79 Å². The van der Waals surface area contributed by atoms with E-state index in [4.69, 9.17) is 0 Å². The van der Waals surface area contributed by atoms with Crippen LogP contribution in [-0.2, 0) is 11.3 Å². The quantitative estimate of drug-likeness (QED) is 0.541. The van der Waals surface area contributed by atoms with Crippen LogP contribution in [0.5, 0.6) is 0 Å². The molecular weight excluding hydrogens is 388 g/mol. The number of likely N-dealkylation sites (tertiary alicyclic amines) is 1. The number of aromatic amines is 1. The fourth-order valence-electron chi connectivity index (χ4n) is 4.59. The van der Waals surface area contributed by atoms with Crippen molar-refractivity contribution in [2.75, 3.05) is 13.1 Å². The summed E-state index contributed by atoms with van der Waals surface area (Å²) in [5.41, 5.74) is 4.49. The molecule has 1 saturated carbocycles. The number of fused-ring (bicyclic) bond motifs is 1. The Morgan fingerprint density at radius 1 is 1.00 bits per heavy atom. The highest BCUT2D eigenvalue weighted by Gasteiger charge is 2.36. The van der Waals surface area contributed by atoms with Crippen molar-refractivity contribution >= 4 is 16.8 Å². The van der Waals surface area contributed by atoms with Gasteiger partial charge in [0, 0.05) is 42.8 Å². The molecule has 1 aliphatic carbocycles. The van der Waals surface area contributed by atoms with E-state index < -0.39 is 0 Å². The van der Waals surface area contributed by atoms with Crippen LogP contribution < -0.4 is 0 Å². The van der Waals surface area contributed by atoms with Gasteiger partial charge in [-0.05, 0) is 70.3 Å². The minimum absolute atomic E-state index is 0.291. The first kappa shape index (κ1) is 18.3. The van der Waals surface area contributed by atoms with Crippen molar-refractivity contribution in [3.8, 4) is 22.5 Å². The second-order valence-corrected chi connectivity index (χ2v) is 8.75. The molecule has 0 bridgehead atoms. The number of carbonyl (C=O) groups excluding carboxylic acids is 1. The molecule has 0 spiro atoms. The van der Waals surface area contributed by atoms with Crippen molar-refractivity contribution in [2.24, 2.45) is 11.8 Å². The van der Waals surface area contributed by atoms with Crippen molar-refractivity contribution in [2.45, 2.75) is 25.8 Å². The third-order valence-electron chi connectivity index (χ3n) is 6.52. The fourth-order valence-corrected chi connectivity index (χ4v) is 4.59. The largest absolute Gasteiger partial charge is 0.361 e. The summed E-state index contributed by atoms with van der Waals surface area (Å²) in [6, 6.07) is 16.9. The number of aromatic nitrogens is 5. The summed E-state index contributed by atoms with van der Waals surface area (Å²) in [6.07, 6.45) is 5.10. The Balaban J connectivity index is 1.18. The van der Waals surface area contributed by atoms with Crippen LogP contribution in [0.25, 0.3) is 33.4 Å². The Bertz CT molecular complexity index is 1240. The molecule has 6 rings (SSSR count). The molecule has 1 unspecified atom stereocenters. The van der Waals surface area contributed by atoms with Crippen LogP contribution in [-0.4, -0.2) is 49.1 Å². The first-order valence-electron chi connectivity index (χ1n) is 11.0. The van der Waals surface area contributed by atoms with Gasteiger partial charge in [0.2, 0.25) is 5.91 Å². The molecule has 156 valence electrons. The number of benzene rings is 2. The number of hydrogen-bond acceptors (Lipinski definition) is 4. The lowest BCUT2D eigenvalue weighted by Crippen LogP contribution is -2.30. The van der Waals surface area contributed by atoms with Gasteiger partial charge < -0.3 is 9.88 Å². The summed E-state index contributed by atoms with van der Waals surface area (Å²) in [4.78, 5) is 17.6. The smallest absolute Gasteiger partial charge is 0.225 e. The molecule has 2 aliphatic rings. The minimum Gasteiger partial charge on any atom is -0.361 e. The highest BCUT2D eigenvalue weighted by atomic mass is 16.2. The number of H-pyrrole nitrogens is 1. The van der Waals surface area contributed by atoms with Crippen molar-refractivity contribution < 1.29 is 4.79 Å². The molecule has 0 radical (unpaired) electrons. The second kappa shape index (κ2) is 7.34. The molecule has 1 N–H and O–H groups in total. The predicted molar refractivity (Wildman–Crippen MR) is 118 cm³/mol. The van der Waals surface area contributed by atoms with Gasteiger partial charge in [0.25, 0.3) is 0 Å². The van der Waals surface area contributed by atoms with Gasteiger partial charge in [-0.15, -0.1) is 5.10 Å². The zero-order valence-corrected chi connectivity index (χ0v) is 17.2. The van der Waals surface area contributed by atoms with Gasteiger partial charge in [0.05, 0.1) is 0 Å². The number of hydrogen-bond donors (Lipinski definition) is 1. The molecular formula is C24H24N6O. The molecule has 4 aromatic rings. The molecule has 1 saturated heterocycles. The summed E-state index contributed by atoms with van der Waals surface area (Å²) in [5, 5.41) is 13.6. The summed E-state index contributed by atoms with van der Waals surface area (Å²) in [7, 11) is 0. The van der Waals surface area contributed by atoms with E-state index in [9.17, 15) is 4.79 Å². The van der Waals surface area contributed by atoms with Gasteiger partial charge >= 0.3 is 0 Å². The van der Waals surface area contributed by atoms with E-state index in [1.54, 1.807) is 0 Å². The van der Waals surface area contributed by atoms with E-state index in [0.29, 0.717) is 17.7 Å². The highest BCUT2D eigenvalue weighted by Crippen LogP contribution is 2.33. The molecule has 2 aromatic carbocycles. The number of rotatable bonds is 5.